The van der Waals surface area contributed by atoms with Crippen molar-refractivity contribution >= 4 is 12.3 Å². The van der Waals surface area contributed by atoms with Gasteiger partial charge in [0.1, 0.15) is 6.29 Å². The standard InChI is InChI=1S/C11H12O3/c1-8(7-12)10-4-2-9(3-5-10)6-11(13)14/h2-5,7-8H,6H2,1H3,(H,13,14). The molecule has 0 saturated carbocycles. The Morgan fingerprint density at radius 2 is 2.00 bits per heavy atom. The summed E-state index contributed by atoms with van der Waals surface area (Å²) in [5, 5.41) is 8.54. The molecule has 1 aromatic carbocycles. The molecule has 1 unspecified atom stereocenters. The summed E-state index contributed by atoms with van der Waals surface area (Å²) in [7, 11) is 0. The zero-order valence-corrected chi connectivity index (χ0v) is 7.93. The molecule has 1 rings (SSSR count). The Labute approximate surface area is 82.4 Å². The molecule has 0 saturated heterocycles. The molecule has 0 fully saturated rings. The second-order valence-corrected chi connectivity index (χ2v) is 3.24. The first-order valence-corrected chi connectivity index (χ1v) is 4.39. The fourth-order valence-electron chi connectivity index (χ4n) is 1.19. The van der Waals surface area contributed by atoms with Crippen LogP contribution in [0.5, 0.6) is 0 Å². The number of carboxylic acids is 1. The zero-order chi connectivity index (χ0) is 10.6. The van der Waals surface area contributed by atoms with E-state index in [1.54, 1.807) is 31.2 Å². The SMILES string of the molecule is CC(C=O)c1ccc(CC(=O)O)cc1. The van der Waals surface area contributed by atoms with Gasteiger partial charge in [-0.25, -0.2) is 0 Å². The molecule has 3 heteroatoms. The Hall–Kier alpha value is -1.64. The van der Waals surface area contributed by atoms with Crippen molar-refractivity contribution in [2.75, 3.05) is 0 Å². The third kappa shape index (κ3) is 2.69. The van der Waals surface area contributed by atoms with Crippen molar-refractivity contribution in [2.45, 2.75) is 19.3 Å². The van der Waals surface area contributed by atoms with Gasteiger partial charge in [-0.3, -0.25) is 4.79 Å². The van der Waals surface area contributed by atoms with Gasteiger partial charge >= 0.3 is 5.97 Å². The Morgan fingerprint density at radius 3 is 2.43 bits per heavy atom. The van der Waals surface area contributed by atoms with Crippen LogP contribution in [0.4, 0.5) is 0 Å². The van der Waals surface area contributed by atoms with Crippen LogP contribution in [0.2, 0.25) is 0 Å². The summed E-state index contributed by atoms with van der Waals surface area (Å²) >= 11 is 0. The van der Waals surface area contributed by atoms with Crippen LogP contribution in [0.15, 0.2) is 24.3 Å². The summed E-state index contributed by atoms with van der Waals surface area (Å²) in [6.45, 7) is 1.80. The Kier molecular flexibility index (Phi) is 3.40. The number of carbonyl (C=O) groups excluding carboxylic acids is 1. The number of hydrogen-bond acceptors (Lipinski definition) is 2. The average Bonchev–Trinajstić information content (AvgIpc) is 2.17. The number of carbonyl (C=O) groups is 2. The molecule has 0 heterocycles. The fraction of sp³-hybridized carbons (Fsp3) is 0.273. The molecular weight excluding hydrogens is 180 g/mol. The first-order valence-electron chi connectivity index (χ1n) is 4.39. The van der Waals surface area contributed by atoms with Crippen LogP contribution < -0.4 is 0 Å². The van der Waals surface area contributed by atoms with Gasteiger partial charge in [0, 0.05) is 5.92 Å². The van der Waals surface area contributed by atoms with Gasteiger partial charge in [0.15, 0.2) is 0 Å². The third-order valence-electron chi connectivity index (χ3n) is 2.06. The van der Waals surface area contributed by atoms with Crippen LogP contribution in [0.3, 0.4) is 0 Å². The summed E-state index contributed by atoms with van der Waals surface area (Å²) in [5.74, 6) is -0.977. The summed E-state index contributed by atoms with van der Waals surface area (Å²) in [6.07, 6.45) is 0.891. The molecule has 0 aliphatic carbocycles. The van der Waals surface area contributed by atoms with Gasteiger partial charge in [-0.05, 0) is 11.1 Å². The van der Waals surface area contributed by atoms with Crippen molar-refractivity contribution < 1.29 is 14.7 Å². The van der Waals surface area contributed by atoms with Gasteiger partial charge in [-0.2, -0.15) is 0 Å². The van der Waals surface area contributed by atoms with Crippen LogP contribution >= 0.6 is 0 Å². The number of carboxylic acid groups (broad SMARTS) is 1. The topological polar surface area (TPSA) is 54.4 Å². The first-order chi connectivity index (χ1) is 6.63. The van der Waals surface area contributed by atoms with Crippen molar-refractivity contribution in [1.82, 2.24) is 0 Å². The summed E-state index contributed by atoms with van der Waals surface area (Å²) < 4.78 is 0. The predicted octanol–water partition coefficient (Wildman–Crippen LogP) is 1.62. The maximum absolute atomic E-state index is 10.5. The number of hydrogen-bond donors (Lipinski definition) is 1. The molecule has 0 radical (unpaired) electrons. The molecule has 0 aliphatic heterocycles. The molecule has 0 aliphatic rings. The second-order valence-electron chi connectivity index (χ2n) is 3.24. The van der Waals surface area contributed by atoms with E-state index in [2.05, 4.69) is 0 Å². The van der Waals surface area contributed by atoms with E-state index < -0.39 is 5.97 Å². The maximum atomic E-state index is 10.5. The summed E-state index contributed by atoms with van der Waals surface area (Å²) in [5.41, 5.74) is 1.66. The summed E-state index contributed by atoms with van der Waals surface area (Å²) in [6, 6.07) is 7.06. The molecule has 0 aromatic heterocycles. The molecule has 74 valence electrons. The second kappa shape index (κ2) is 4.56. The van der Waals surface area contributed by atoms with E-state index in [-0.39, 0.29) is 12.3 Å². The van der Waals surface area contributed by atoms with Gasteiger partial charge in [0.25, 0.3) is 0 Å². The number of aliphatic carboxylic acids is 1. The molecule has 0 amide bonds. The highest BCUT2D eigenvalue weighted by molar-refractivity contribution is 5.70. The number of aldehydes is 1. The van der Waals surface area contributed by atoms with Crippen molar-refractivity contribution in [1.29, 1.82) is 0 Å². The van der Waals surface area contributed by atoms with Crippen molar-refractivity contribution in [2.24, 2.45) is 0 Å². The van der Waals surface area contributed by atoms with E-state index in [0.29, 0.717) is 0 Å². The van der Waals surface area contributed by atoms with E-state index in [0.717, 1.165) is 17.4 Å². The van der Waals surface area contributed by atoms with Crippen LogP contribution in [0.25, 0.3) is 0 Å². The Morgan fingerprint density at radius 1 is 1.43 bits per heavy atom. The average molecular weight is 192 g/mol. The van der Waals surface area contributed by atoms with Gasteiger partial charge in [-0.1, -0.05) is 31.2 Å². The lowest BCUT2D eigenvalue weighted by Crippen LogP contribution is -2.00. The fourth-order valence-corrected chi connectivity index (χ4v) is 1.19. The van der Waals surface area contributed by atoms with E-state index in [4.69, 9.17) is 5.11 Å². The molecule has 14 heavy (non-hydrogen) atoms. The van der Waals surface area contributed by atoms with E-state index in [1.807, 2.05) is 0 Å². The first kappa shape index (κ1) is 10.4. The Bertz CT molecular complexity index is 327. The van der Waals surface area contributed by atoms with Gasteiger partial charge in [0.2, 0.25) is 0 Å². The van der Waals surface area contributed by atoms with E-state index >= 15 is 0 Å². The zero-order valence-electron chi connectivity index (χ0n) is 7.93. The van der Waals surface area contributed by atoms with Crippen molar-refractivity contribution in [3.8, 4) is 0 Å². The lowest BCUT2D eigenvalue weighted by atomic mass is 10.0. The van der Waals surface area contributed by atoms with E-state index in [1.165, 1.54) is 0 Å². The van der Waals surface area contributed by atoms with Crippen LogP contribution in [-0.4, -0.2) is 17.4 Å². The number of benzene rings is 1. The highest BCUT2D eigenvalue weighted by Gasteiger charge is 2.04. The van der Waals surface area contributed by atoms with Crippen molar-refractivity contribution in [3.63, 3.8) is 0 Å². The minimum atomic E-state index is -0.846. The maximum Gasteiger partial charge on any atom is 0.307 e. The minimum Gasteiger partial charge on any atom is -0.481 e. The van der Waals surface area contributed by atoms with Crippen molar-refractivity contribution in [3.05, 3.63) is 35.4 Å². The molecule has 1 N–H and O–H groups in total. The number of rotatable bonds is 4. The van der Waals surface area contributed by atoms with Gasteiger partial charge in [0.05, 0.1) is 6.42 Å². The van der Waals surface area contributed by atoms with Gasteiger partial charge in [-0.15, -0.1) is 0 Å². The van der Waals surface area contributed by atoms with Crippen LogP contribution in [0, 0.1) is 0 Å². The molecule has 0 bridgehead atoms. The highest BCUT2D eigenvalue weighted by Crippen LogP contribution is 2.13. The monoisotopic (exact) mass is 192 g/mol. The molecule has 0 spiro atoms. The lowest BCUT2D eigenvalue weighted by molar-refractivity contribution is -0.136. The van der Waals surface area contributed by atoms with E-state index in [9.17, 15) is 9.59 Å². The highest BCUT2D eigenvalue weighted by atomic mass is 16.4. The quantitative estimate of drug-likeness (QED) is 0.737. The smallest absolute Gasteiger partial charge is 0.307 e. The Balaban J connectivity index is 2.78. The summed E-state index contributed by atoms with van der Waals surface area (Å²) in [4.78, 5) is 20.9. The molecule has 1 aromatic rings. The molecule has 3 nitrogen and oxygen atoms in total. The minimum absolute atomic E-state index is 0.0236. The largest absolute Gasteiger partial charge is 0.481 e. The molecule has 1 atom stereocenters. The third-order valence-corrected chi connectivity index (χ3v) is 2.06. The predicted molar refractivity (Wildman–Crippen MR) is 52.3 cm³/mol. The van der Waals surface area contributed by atoms with Crippen LogP contribution in [0.1, 0.15) is 24.0 Å². The molecular formula is C11H12O3. The normalized spacial score (nSPS) is 12.1. The van der Waals surface area contributed by atoms with Crippen LogP contribution in [-0.2, 0) is 16.0 Å². The lowest BCUT2D eigenvalue weighted by Gasteiger charge is -2.04. The van der Waals surface area contributed by atoms with Gasteiger partial charge < -0.3 is 9.90 Å².